The molecular weight excluding hydrogens is 188 g/mol. The van der Waals surface area contributed by atoms with Crippen LogP contribution in [0.2, 0.25) is 0 Å². The molecule has 0 rings (SSSR count). The molecule has 2 N–H and O–H groups in total. The highest BCUT2D eigenvalue weighted by atomic mass is 16.3. The number of hydrogen-bond donors (Lipinski definition) is 2. The topological polar surface area (TPSA) is 35.5 Å². The fourth-order valence-electron chi connectivity index (χ4n) is 1.90. The van der Waals surface area contributed by atoms with Gasteiger partial charge < -0.3 is 15.3 Å². The number of nitrogens with one attached hydrogen (secondary N) is 1. The van der Waals surface area contributed by atoms with Gasteiger partial charge in [0.2, 0.25) is 0 Å². The standard InChI is InChI=1S/C12H28N2O/c1-5-7-8-9-14(4)10-12(3,11-15)13-6-2/h13,15H,5-11H2,1-4H3. The van der Waals surface area contributed by atoms with Gasteiger partial charge in [-0.15, -0.1) is 0 Å². The van der Waals surface area contributed by atoms with E-state index >= 15 is 0 Å². The van der Waals surface area contributed by atoms with Gasteiger partial charge in [-0.25, -0.2) is 0 Å². The molecular formula is C12H28N2O. The third-order valence-electron chi connectivity index (χ3n) is 2.71. The zero-order valence-corrected chi connectivity index (χ0v) is 10.8. The van der Waals surface area contributed by atoms with Crippen LogP contribution in [0.4, 0.5) is 0 Å². The van der Waals surface area contributed by atoms with Gasteiger partial charge in [0, 0.05) is 6.54 Å². The SMILES string of the molecule is CCCCCN(C)CC(C)(CO)NCC. The number of hydrogen-bond acceptors (Lipinski definition) is 3. The van der Waals surface area contributed by atoms with Crippen molar-refractivity contribution in [2.24, 2.45) is 0 Å². The monoisotopic (exact) mass is 216 g/mol. The lowest BCUT2D eigenvalue weighted by atomic mass is 10.0. The van der Waals surface area contributed by atoms with E-state index in [4.69, 9.17) is 0 Å². The Hall–Kier alpha value is -0.120. The van der Waals surface area contributed by atoms with E-state index in [9.17, 15) is 5.11 Å². The van der Waals surface area contributed by atoms with Gasteiger partial charge in [-0.1, -0.05) is 26.7 Å². The van der Waals surface area contributed by atoms with E-state index in [1.54, 1.807) is 0 Å². The average Bonchev–Trinajstić information content (AvgIpc) is 2.18. The number of nitrogens with zero attached hydrogens (tertiary/aromatic N) is 1. The molecule has 0 saturated heterocycles. The van der Waals surface area contributed by atoms with Gasteiger partial charge in [0.05, 0.1) is 12.1 Å². The largest absolute Gasteiger partial charge is 0.394 e. The molecule has 0 aromatic carbocycles. The molecule has 0 aromatic heterocycles. The predicted molar refractivity (Wildman–Crippen MR) is 66.2 cm³/mol. The molecule has 0 aliphatic carbocycles. The quantitative estimate of drug-likeness (QED) is 0.573. The van der Waals surface area contributed by atoms with Crippen LogP contribution in [-0.4, -0.2) is 48.8 Å². The van der Waals surface area contributed by atoms with E-state index in [0.29, 0.717) is 0 Å². The van der Waals surface area contributed by atoms with E-state index in [1.807, 2.05) is 0 Å². The normalized spacial score (nSPS) is 15.6. The second kappa shape index (κ2) is 8.08. The zero-order valence-electron chi connectivity index (χ0n) is 10.8. The summed E-state index contributed by atoms with van der Waals surface area (Å²) in [5.74, 6) is 0. The third kappa shape index (κ3) is 6.88. The minimum atomic E-state index is -0.157. The number of aliphatic hydroxyl groups is 1. The molecule has 0 bridgehead atoms. The zero-order chi connectivity index (χ0) is 11.7. The number of unbranched alkanes of at least 4 members (excludes halogenated alkanes) is 2. The molecule has 0 fully saturated rings. The van der Waals surface area contributed by atoms with Crippen molar-refractivity contribution in [2.45, 2.75) is 45.6 Å². The Bertz CT molecular complexity index is 153. The highest BCUT2D eigenvalue weighted by molar-refractivity contribution is 4.84. The molecule has 3 nitrogen and oxygen atoms in total. The first-order chi connectivity index (χ1) is 7.08. The van der Waals surface area contributed by atoms with Crippen LogP contribution >= 0.6 is 0 Å². The van der Waals surface area contributed by atoms with Gasteiger partial charge in [0.15, 0.2) is 0 Å². The van der Waals surface area contributed by atoms with Crippen molar-refractivity contribution in [2.75, 3.05) is 33.3 Å². The fourth-order valence-corrected chi connectivity index (χ4v) is 1.90. The number of likely N-dealkylation sites (N-methyl/N-ethyl adjacent to an activating group) is 2. The predicted octanol–water partition coefficient (Wildman–Crippen LogP) is 1.47. The Labute approximate surface area is 94.9 Å². The Morgan fingerprint density at radius 3 is 2.40 bits per heavy atom. The van der Waals surface area contributed by atoms with Crippen molar-refractivity contribution in [3.8, 4) is 0 Å². The summed E-state index contributed by atoms with van der Waals surface area (Å²) in [6.45, 7) is 9.49. The molecule has 0 aliphatic heterocycles. The molecule has 1 atom stereocenters. The molecule has 0 heterocycles. The van der Waals surface area contributed by atoms with Gasteiger partial charge in [-0.2, -0.15) is 0 Å². The van der Waals surface area contributed by atoms with Gasteiger partial charge in [0.1, 0.15) is 0 Å². The van der Waals surface area contributed by atoms with E-state index in [2.05, 4.69) is 38.0 Å². The first-order valence-corrected chi connectivity index (χ1v) is 6.12. The summed E-state index contributed by atoms with van der Waals surface area (Å²) in [4.78, 5) is 2.30. The molecule has 92 valence electrons. The van der Waals surface area contributed by atoms with Crippen LogP contribution in [0, 0.1) is 0 Å². The molecule has 0 aliphatic rings. The Morgan fingerprint density at radius 1 is 1.27 bits per heavy atom. The van der Waals surface area contributed by atoms with Crippen molar-refractivity contribution in [3.63, 3.8) is 0 Å². The van der Waals surface area contributed by atoms with E-state index in [1.165, 1.54) is 19.3 Å². The summed E-state index contributed by atoms with van der Waals surface area (Å²) in [6.07, 6.45) is 3.81. The highest BCUT2D eigenvalue weighted by Gasteiger charge is 2.23. The lowest BCUT2D eigenvalue weighted by molar-refractivity contribution is 0.133. The second-order valence-electron chi connectivity index (χ2n) is 4.69. The minimum Gasteiger partial charge on any atom is -0.394 e. The molecule has 0 aromatic rings. The van der Waals surface area contributed by atoms with Crippen molar-refractivity contribution < 1.29 is 5.11 Å². The van der Waals surface area contributed by atoms with Gasteiger partial charge in [-0.3, -0.25) is 0 Å². The van der Waals surface area contributed by atoms with Gasteiger partial charge >= 0.3 is 0 Å². The Morgan fingerprint density at radius 2 is 1.93 bits per heavy atom. The number of aliphatic hydroxyl groups excluding tert-OH is 1. The Balaban J connectivity index is 3.84. The summed E-state index contributed by atoms with van der Waals surface area (Å²) in [6, 6.07) is 0. The molecule has 0 amide bonds. The minimum absolute atomic E-state index is 0.157. The second-order valence-corrected chi connectivity index (χ2v) is 4.69. The summed E-state index contributed by atoms with van der Waals surface area (Å²) in [5.41, 5.74) is -0.157. The van der Waals surface area contributed by atoms with E-state index in [0.717, 1.165) is 19.6 Å². The molecule has 0 radical (unpaired) electrons. The smallest absolute Gasteiger partial charge is 0.0623 e. The maximum Gasteiger partial charge on any atom is 0.0623 e. The molecule has 1 unspecified atom stereocenters. The van der Waals surface area contributed by atoms with Crippen molar-refractivity contribution in [1.29, 1.82) is 0 Å². The summed E-state index contributed by atoms with van der Waals surface area (Å²) >= 11 is 0. The van der Waals surface area contributed by atoms with Crippen molar-refractivity contribution >= 4 is 0 Å². The average molecular weight is 216 g/mol. The van der Waals surface area contributed by atoms with Crippen molar-refractivity contribution in [1.82, 2.24) is 10.2 Å². The van der Waals surface area contributed by atoms with E-state index in [-0.39, 0.29) is 12.1 Å². The van der Waals surface area contributed by atoms with Gasteiger partial charge in [0.25, 0.3) is 0 Å². The van der Waals surface area contributed by atoms with Gasteiger partial charge in [-0.05, 0) is 33.5 Å². The maximum absolute atomic E-state index is 9.35. The first kappa shape index (κ1) is 14.9. The van der Waals surface area contributed by atoms with Crippen LogP contribution in [-0.2, 0) is 0 Å². The fraction of sp³-hybridized carbons (Fsp3) is 1.00. The van der Waals surface area contributed by atoms with Crippen LogP contribution in [0.25, 0.3) is 0 Å². The summed E-state index contributed by atoms with van der Waals surface area (Å²) < 4.78 is 0. The molecule has 0 spiro atoms. The first-order valence-electron chi connectivity index (χ1n) is 6.12. The van der Waals surface area contributed by atoms with Crippen LogP contribution in [0.1, 0.15) is 40.0 Å². The van der Waals surface area contributed by atoms with Crippen LogP contribution in [0.3, 0.4) is 0 Å². The molecule has 15 heavy (non-hydrogen) atoms. The highest BCUT2D eigenvalue weighted by Crippen LogP contribution is 2.06. The van der Waals surface area contributed by atoms with Crippen LogP contribution in [0.15, 0.2) is 0 Å². The molecule has 3 heteroatoms. The van der Waals surface area contributed by atoms with E-state index < -0.39 is 0 Å². The third-order valence-corrected chi connectivity index (χ3v) is 2.71. The molecule has 0 saturated carbocycles. The number of rotatable bonds is 9. The lowest BCUT2D eigenvalue weighted by Crippen LogP contribution is -2.53. The summed E-state index contributed by atoms with van der Waals surface area (Å²) in [7, 11) is 2.13. The Kier molecular flexibility index (Phi) is 8.02. The van der Waals surface area contributed by atoms with Crippen LogP contribution < -0.4 is 5.32 Å². The van der Waals surface area contributed by atoms with Crippen LogP contribution in [0.5, 0.6) is 0 Å². The maximum atomic E-state index is 9.35. The van der Waals surface area contributed by atoms with Crippen molar-refractivity contribution in [3.05, 3.63) is 0 Å². The summed E-state index contributed by atoms with van der Waals surface area (Å²) in [5, 5.41) is 12.7. The lowest BCUT2D eigenvalue weighted by Gasteiger charge is -2.33.